The van der Waals surface area contributed by atoms with Crippen molar-refractivity contribution in [1.82, 2.24) is 4.98 Å². The molecule has 0 aliphatic carbocycles. The summed E-state index contributed by atoms with van der Waals surface area (Å²) in [7, 11) is 1.59. The molecule has 0 aromatic carbocycles. The van der Waals surface area contributed by atoms with Crippen molar-refractivity contribution in [2.45, 2.75) is 0 Å². The maximum atomic E-state index is 11.3. The van der Waals surface area contributed by atoms with Gasteiger partial charge in [0.15, 0.2) is 5.78 Å². The number of methoxy groups -OCH3 is 1. The van der Waals surface area contributed by atoms with Gasteiger partial charge in [-0.3, -0.25) is 4.79 Å². The minimum Gasteiger partial charge on any atom is -0.382 e. The smallest absolute Gasteiger partial charge is 0.189 e. The van der Waals surface area contributed by atoms with Crippen LogP contribution in [0.15, 0.2) is 18.5 Å². The first kappa shape index (κ1) is 9.95. The summed E-state index contributed by atoms with van der Waals surface area (Å²) in [6.45, 7) is 1.08. The Balaban J connectivity index is 2.19. The van der Waals surface area contributed by atoms with E-state index in [2.05, 4.69) is 4.98 Å². The lowest BCUT2D eigenvalue weighted by molar-refractivity contribution is 0.0577. The number of aromatic nitrogens is 1. The molecule has 1 rings (SSSR count). The number of carbonyl (C=O) groups is 1. The first-order valence-corrected chi connectivity index (χ1v) is 4.07. The van der Waals surface area contributed by atoms with E-state index in [0.29, 0.717) is 18.8 Å². The van der Waals surface area contributed by atoms with Crippen LogP contribution in [-0.2, 0) is 9.47 Å². The fourth-order valence-corrected chi connectivity index (χ4v) is 0.888. The standard InChI is InChI=1S/C9H13NO3/c1-12-4-5-13-7-9(11)8-2-3-10-6-8/h2-3,6,10H,4-5,7H2,1H3. The Morgan fingerprint density at radius 1 is 1.54 bits per heavy atom. The van der Waals surface area contributed by atoms with Crippen LogP contribution in [0, 0.1) is 0 Å². The topological polar surface area (TPSA) is 51.3 Å². The zero-order valence-electron chi connectivity index (χ0n) is 7.58. The van der Waals surface area contributed by atoms with Gasteiger partial charge < -0.3 is 14.5 Å². The fourth-order valence-electron chi connectivity index (χ4n) is 0.888. The average molecular weight is 183 g/mol. The van der Waals surface area contributed by atoms with Crippen molar-refractivity contribution in [2.75, 3.05) is 26.9 Å². The lowest BCUT2D eigenvalue weighted by atomic mass is 10.2. The van der Waals surface area contributed by atoms with Crippen LogP contribution in [0.4, 0.5) is 0 Å². The number of H-pyrrole nitrogens is 1. The van der Waals surface area contributed by atoms with Gasteiger partial charge >= 0.3 is 0 Å². The van der Waals surface area contributed by atoms with Gasteiger partial charge in [0.05, 0.1) is 13.2 Å². The largest absolute Gasteiger partial charge is 0.382 e. The molecule has 4 heteroatoms. The van der Waals surface area contributed by atoms with Gasteiger partial charge in [-0.2, -0.15) is 0 Å². The molecular weight excluding hydrogens is 170 g/mol. The number of ketones is 1. The molecule has 0 aliphatic heterocycles. The van der Waals surface area contributed by atoms with E-state index in [1.807, 2.05) is 0 Å². The summed E-state index contributed by atoms with van der Waals surface area (Å²) in [5.41, 5.74) is 0.650. The summed E-state index contributed by atoms with van der Waals surface area (Å²) >= 11 is 0. The third kappa shape index (κ3) is 3.40. The average Bonchev–Trinajstić information content (AvgIpc) is 2.65. The maximum absolute atomic E-state index is 11.3. The number of carbonyl (C=O) groups excluding carboxylic acids is 1. The van der Waals surface area contributed by atoms with Crippen molar-refractivity contribution in [3.63, 3.8) is 0 Å². The molecule has 1 N–H and O–H groups in total. The molecule has 0 bridgehead atoms. The Morgan fingerprint density at radius 3 is 3.00 bits per heavy atom. The van der Waals surface area contributed by atoms with Gasteiger partial charge in [-0.1, -0.05) is 0 Å². The molecule has 0 amide bonds. The molecule has 0 radical (unpaired) electrons. The van der Waals surface area contributed by atoms with E-state index in [4.69, 9.17) is 9.47 Å². The molecule has 1 aromatic heterocycles. The van der Waals surface area contributed by atoms with Crippen molar-refractivity contribution in [3.05, 3.63) is 24.0 Å². The Hall–Kier alpha value is -1.13. The molecule has 0 saturated carbocycles. The van der Waals surface area contributed by atoms with E-state index < -0.39 is 0 Å². The highest BCUT2D eigenvalue weighted by atomic mass is 16.5. The summed E-state index contributed by atoms with van der Waals surface area (Å²) in [5.74, 6) is -0.0163. The Kier molecular flexibility index (Phi) is 4.21. The van der Waals surface area contributed by atoms with Crippen LogP contribution in [0.25, 0.3) is 0 Å². The zero-order chi connectivity index (χ0) is 9.52. The number of rotatable bonds is 6. The predicted molar refractivity (Wildman–Crippen MR) is 47.8 cm³/mol. The number of ether oxygens (including phenoxy) is 2. The SMILES string of the molecule is COCCOCC(=O)c1cc[nH]c1. The molecule has 1 heterocycles. The molecule has 4 nitrogen and oxygen atoms in total. The van der Waals surface area contributed by atoms with Crippen molar-refractivity contribution < 1.29 is 14.3 Å². The summed E-state index contributed by atoms with van der Waals surface area (Å²) in [5, 5.41) is 0. The van der Waals surface area contributed by atoms with Crippen LogP contribution in [0.5, 0.6) is 0 Å². The maximum Gasteiger partial charge on any atom is 0.189 e. The molecule has 1 aromatic rings. The molecule has 0 fully saturated rings. The summed E-state index contributed by atoms with van der Waals surface area (Å²) in [6.07, 6.45) is 3.37. The van der Waals surface area contributed by atoms with Gasteiger partial charge in [-0.25, -0.2) is 0 Å². The highest BCUT2D eigenvalue weighted by Gasteiger charge is 2.04. The van der Waals surface area contributed by atoms with Crippen LogP contribution in [-0.4, -0.2) is 37.7 Å². The van der Waals surface area contributed by atoms with Crippen molar-refractivity contribution >= 4 is 5.78 Å². The van der Waals surface area contributed by atoms with E-state index in [0.717, 1.165) is 0 Å². The lowest BCUT2D eigenvalue weighted by Crippen LogP contribution is -2.11. The Morgan fingerprint density at radius 2 is 2.38 bits per heavy atom. The number of nitrogens with one attached hydrogen (secondary N) is 1. The second kappa shape index (κ2) is 5.50. The van der Waals surface area contributed by atoms with Gasteiger partial charge in [0, 0.05) is 25.1 Å². The second-order valence-corrected chi connectivity index (χ2v) is 2.57. The van der Waals surface area contributed by atoms with Crippen LogP contribution >= 0.6 is 0 Å². The minimum absolute atomic E-state index is 0.0163. The van der Waals surface area contributed by atoms with Gasteiger partial charge in [0.2, 0.25) is 0 Å². The van der Waals surface area contributed by atoms with Crippen LogP contribution < -0.4 is 0 Å². The monoisotopic (exact) mass is 183 g/mol. The van der Waals surface area contributed by atoms with Gasteiger partial charge in [-0.15, -0.1) is 0 Å². The van der Waals surface area contributed by atoms with E-state index >= 15 is 0 Å². The molecule has 0 saturated heterocycles. The predicted octanol–water partition coefficient (Wildman–Crippen LogP) is 0.860. The first-order chi connectivity index (χ1) is 6.34. The number of aromatic amines is 1. The Labute approximate surface area is 76.9 Å². The lowest BCUT2D eigenvalue weighted by Gasteiger charge is -2.00. The quantitative estimate of drug-likeness (QED) is 0.525. The fraction of sp³-hybridized carbons (Fsp3) is 0.444. The third-order valence-electron chi connectivity index (χ3n) is 1.58. The van der Waals surface area contributed by atoms with E-state index in [9.17, 15) is 4.79 Å². The van der Waals surface area contributed by atoms with Gasteiger partial charge in [0.1, 0.15) is 6.61 Å². The highest BCUT2D eigenvalue weighted by molar-refractivity contribution is 5.96. The molecule has 0 atom stereocenters. The van der Waals surface area contributed by atoms with Gasteiger partial charge in [-0.05, 0) is 6.07 Å². The summed E-state index contributed by atoms with van der Waals surface area (Å²) in [6, 6.07) is 1.72. The number of hydrogen-bond acceptors (Lipinski definition) is 3. The number of hydrogen-bond donors (Lipinski definition) is 1. The normalized spacial score (nSPS) is 10.2. The van der Waals surface area contributed by atoms with E-state index in [1.54, 1.807) is 25.6 Å². The van der Waals surface area contributed by atoms with Crippen molar-refractivity contribution in [3.8, 4) is 0 Å². The molecule has 13 heavy (non-hydrogen) atoms. The van der Waals surface area contributed by atoms with Crippen molar-refractivity contribution in [2.24, 2.45) is 0 Å². The number of Topliss-reactive ketones (excluding diaryl/α,β-unsaturated/α-hetero) is 1. The van der Waals surface area contributed by atoms with Crippen LogP contribution in [0.2, 0.25) is 0 Å². The molecule has 0 unspecified atom stereocenters. The summed E-state index contributed by atoms with van der Waals surface area (Å²) in [4.78, 5) is 14.1. The van der Waals surface area contributed by atoms with E-state index in [1.165, 1.54) is 0 Å². The van der Waals surface area contributed by atoms with Crippen LogP contribution in [0.1, 0.15) is 10.4 Å². The van der Waals surface area contributed by atoms with Gasteiger partial charge in [0.25, 0.3) is 0 Å². The van der Waals surface area contributed by atoms with Crippen molar-refractivity contribution in [1.29, 1.82) is 0 Å². The third-order valence-corrected chi connectivity index (χ3v) is 1.58. The molecule has 0 aliphatic rings. The first-order valence-electron chi connectivity index (χ1n) is 4.07. The minimum atomic E-state index is -0.0163. The molecular formula is C9H13NO3. The van der Waals surface area contributed by atoms with E-state index in [-0.39, 0.29) is 12.4 Å². The second-order valence-electron chi connectivity index (χ2n) is 2.57. The molecule has 0 spiro atoms. The van der Waals surface area contributed by atoms with Crippen LogP contribution in [0.3, 0.4) is 0 Å². The Bertz CT molecular complexity index is 243. The molecule has 72 valence electrons. The zero-order valence-corrected chi connectivity index (χ0v) is 7.58. The summed E-state index contributed by atoms with van der Waals surface area (Å²) < 4.78 is 9.84. The highest BCUT2D eigenvalue weighted by Crippen LogP contribution is 1.98.